The predicted molar refractivity (Wildman–Crippen MR) is 195 cm³/mol. The van der Waals surface area contributed by atoms with Crippen LogP contribution >= 0.6 is 0 Å². The van der Waals surface area contributed by atoms with Crippen LogP contribution in [0, 0.1) is 11.2 Å². The number of benzene rings is 1. The zero-order valence-electron chi connectivity index (χ0n) is 30.9. The van der Waals surface area contributed by atoms with Crippen LogP contribution in [0.4, 0.5) is 10.2 Å². The highest BCUT2D eigenvalue weighted by Gasteiger charge is 2.54. The van der Waals surface area contributed by atoms with Crippen LogP contribution < -0.4 is 14.4 Å². The fraction of sp³-hybridized carbons (Fsp3) is 0.615. The van der Waals surface area contributed by atoms with E-state index in [9.17, 15) is 9.18 Å². The van der Waals surface area contributed by atoms with Crippen LogP contribution in [0.5, 0.6) is 17.4 Å². The molecule has 0 N–H and O–H groups in total. The minimum absolute atomic E-state index is 0.0523. The highest BCUT2D eigenvalue weighted by atomic mass is 19.1. The fourth-order valence-electron chi connectivity index (χ4n) is 8.28. The number of hydrogen-bond donors (Lipinski definition) is 0. The molecule has 0 unspecified atom stereocenters. The van der Waals surface area contributed by atoms with E-state index in [0.717, 1.165) is 96.2 Å². The molecule has 3 aliphatic heterocycles. The van der Waals surface area contributed by atoms with Crippen molar-refractivity contribution in [1.82, 2.24) is 34.9 Å². The zero-order chi connectivity index (χ0) is 36.1. The van der Waals surface area contributed by atoms with Crippen LogP contribution in [0.3, 0.4) is 0 Å². The number of hydrogen-bond acceptors (Lipinski definition) is 11. The first-order valence-electron chi connectivity index (χ1n) is 19.2. The van der Waals surface area contributed by atoms with Gasteiger partial charge in [0.1, 0.15) is 29.7 Å². The van der Waals surface area contributed by atoms with Crippen LogP contribution in [0.25, 0.3) is 0 Å². The molecule has 5 heterocycles. The normalized spacial score (nSPS) is 19.6. The van der Waals surface area contributed by atoms with Crippen molar-refractivity contribution in [2.75, 3.05) is 70.5 Å². The van der Waals surface area contributed by atoms with Gasteiger partial charge in [0.25, 0.3) is 11.8 Å². The summed E-state index contributed by atoms with van der Waals surface area (Å²) in [7, 11) is 0. The van der Waals surface area contributed by atoms with Gasteiger partial charge in [-0.05, 0) is 103 Å². The number of carbonyl (C=O) groups excluding carboxylic acids is 1. The number of fused-ring (bicyclic) bond motifs is 1. The minimum atomic E-state index is -0.510. The lowest BCUT2D eigenvalue weighted by atomic mass is 9.61. The van der Waals surface area contributed by atoms with Crippen molar-refractivity contribution in [3.05, 3.63) is 59.4 Å². The number of aromatic nitrogens is 4. The lowest BCUT2D eigenvalue weighted by Crippen LogP contribution is -2.65. The second kappa shape index (κ2) is 16.4. The third-order valence-corrected chi connectivity index (χ3v) is 11.1. The summed E-state index contributed by atoms with van der Waals surface area (Å²) in [5.74, 6) is 1.13. The average molecular weight is 717 g/mol. The van der Waals surface area contributed by atoms with Crippen molar-refractivity contribution in [3.63, 3.8) is 0 Å². The molecule has 0 bridgehead atoms. The summed E-state index contributed by atoms with van der Waals surface area (Å²) in [5, 5.41) is 8.18. The summed E-state index contributed by atoms with van der Waals surface area (Å²) in [5.41, 5.74) is 2.68. The number of nitrogens with zero attached hydrogens (tertiary/aromatic N) is 8. The lowest BCUT2D eigenvalue weighted by molar-refractivity contribution is -0.0353. The van der Waals surface area contributed by atoms with Gasteiger partial charge in [-0.1, -0.05) is 0 Å². The van der Waals surface area contributed by atoms with Crippen molar-refractivity contribution in [2.24, 2.45) is 5.41 Å². The molecule has 1 aliphatic carbocycles. The van der Waals surface area contributed by atoms with E-state index in [4.69, 9.17) is 19.2 Å². The maximum atomic E-state index is 14.3. The van der Waals surface area contributed by atoms with E-state index in [-0.39, 0.29) is 40.7 Å². The summed E-state index contributed by atoms with van der Waals surface area (Å²) in [6.45, 7) is 15.9. The molecule has 2 aromatic heterocycles. The molecule has 3 aromatic rings. The van der Waals surface area contributed by atoms with Crippen molar-refractivity contribution >= 4 is 11.7 Å². The Bertz CT molecular complexity index is 1670. The van der Waals surface area contributed by atoms with Gasteiger partial charge in [0.15, 0.2) is 5.82 Å². The number of rotatable bonds is 12. The zero-order valence-corrected chi connectivity index (χ0v) is 30.9. The molecule has 3 fully saturated rings. The number of amides is 1. The molecule has 0 radical (unpaired) electrons. The largest absolute Gasteiger partial charge is 0.490 e. The van der Waals surface area contributed by atoms with Crippen LogP contribution in [-0.2, 0) is 17.7 Å². The molecule has 0 atom stereocenters. The Labute approximate surface area is 306 Å². The highest BCUT2D eigenvalue weighted by Crippen LogP contribution is 2.52. The van der Waals surface area contributed by atoms with Crippen LogP contribution in [-0.4, -0.2) is 118 Å². The third kappa shape index (κ3) is 8.31. The third-order valence-electron chi connectivity index (χ3n) is 11.1. The van der Waals surface area contributed by atoms with E-state index < -0.39 is 5.82 Å². The molecule has 4 aliphatic rings. The van der Waals surface area contributed by atoms with Gasteiger partial charge in [-0.2, -0.15) is 0 Å². The second-order valence-corrected chi connectivity index (χ2v) is 15.1. The van der Waals surface area contributed by atoms with Gasteiger partial charge >= 0.3 is 0 Å². The van der Waals surface area contributed by atoms with Crippen molar-refractivity contribution in [1.29, 1.82) is 0 Å². The summed E-state index contributed by atoms with van der Waals surface area (Å²) >= 11 is 0. The Kier molecular flexibility index (Phi) is 11.5. The molecule has 2 saturated heterocycles. The molecule has 1 saturated carbocycles. The number of pyridine rings is 1. The van der Waals surface area contributed by atoms with Gasteiger partial charge in [0, 0.05) is 81.2 Å². The Morgan fingerprint density at radius 2 is 1.88 bits per heavy atom. The van der Waals surface area contributed by atoms with E-state index in [1.54, 1.807) is 4.90 Å². The number of carbonyl (C=O) groups is 1. The molecular formula is C39H53FN8O4. The molecule has 52 heavy (non-hydrogen) atoms. The SMILES string of the molecule is CCN(C(=O)c1cc(F)ccc1Oc1nncnc1N1CC2(CC(Oc3ccnc4c3CN(CCCN3CCCCCOCC3)CC4)C2)C1)C(C)C. The highest BCUT2D eigenvalue weighted by molar-refractivity contribution is 5.97. The van der Waals surface area contributed by atoms with Gasteiger partial charge in [0.2, 0.25) is 0 Å². The van der Waals surface area contributed by atoms with E-state index in [1.165, 1.54) is 55.9 Å². The predicted octanol–water partition coefficient (Wildman–Crippen LogP) is 5.37. The first-order chi connectivity index (χ1) is 25.3. The van der Waals surface area contributed by atoms with Crippen LogP contribution in [0.1, 0.15) is 80.9 Å². The van der Waals surface area contributed by atoms with Gasteiger partial charge in [0.05, 0.1) is 12.2 Å². The van der Waals surface area contributed by atoms with Crippen molar-refractivity contribution in [3.8, 4) is 17.4 Å². The van der Waals surface area contributed by atoms with Gasteiger partial charge in [-0.15, -0.1) is 10.2 Å². The molecule has 7 rings (SSSR count). The Balaban J connectivity index is 0.927. The molecule has 280 valence electrons. The number of halogens is 1. The molecular weight excluding hydrogens is 663 g/mol. The van der Waals surface area contributed by atoms with Crippen LogP contribution in [0.2, 0.25) is 0 Å². The van der Waals surface area contributed by atoms with Crippen molar-refractivity contribution in [2.45, 2.75) is 84.4 Å². The monoisotopic (exact) mass is 716 g/mol. The smallest absolute Gasteiger partial charge is 0.282 e. The van der Waals surface area contributed by atoms with Crippen LogP contribution in [0.15, 0.2) is 36.8 Å². The van der Waals surface area contributed by atoms with E-state index in [1.807, 2.05) is 33.0 Å². The maximum absolute atomic E-state index is 14.3. The lowest BCUT2D eigenvalue weighted by Gasteiger charge is -2.58. The van der Waals surface area contributed by atoms with E-state index in [0.29, 0.717) is 12.4 Å². The summed E-state index contributed by atoms with van der Waals surface area (Å²) in [6.07, 6.45) is 11.2. The number of ether oxygens (including phenoxy) is 3. The summed E-state index contributed by atoms with van der Waals surface area (Å²) < 4.78 is 32.9. The minimum Gasteiger partial charge on any atom is -0.490 e. The van der Waals surface area contributed by atoms with E-state index in [2.05, 4.69) is 29.9 Å². The molecule has 1 spiro atoms. The maximum Gasteiger partial charge on any atom is 0.282 e. The van der Waals surface area contributed by atoms with Gasteiger partial charge in [-0.25, -0.2) is 9.37 Å². The number of anilines is 1. The second-order valence-electron chi connectivity index (χ2n) is 15.1. The first-order valence-corrected chi connectivity index (χ1v) is 19.2. The molecule has 13 heteroatoms. The Morgan fingerprint density at radius 3 is 2.71 bits per heavy atom. The van der Waals surface area contributed by atoms with Crippen molar-refractivity contribution < 1.29 is 23.4 Å². The summed E-state index contributed by atoms with van der Waals surface area (Å²) in [4.78, 5) is 31.5. The fourth-order valence-corrected chi connectivity index (χ4v) is 8.28. The summed E-state index contributed by atoms with van der Waals surface area (Å²) in [6, 6.07) is 5.94. The topological polar surface area (TPSA) is 109 Å². The standard InChI is InChI=1S/C39H53FN8O4/c1-4-48(28(2)3)38(49)31-21-29(40)9-10-34(31)52-37-36(42-27-43-44-37)47-25-39(26-47)22-30(23-39)51-35-11-13-41-33-12-17-46(24-32(33)35)16-8-15-45-14-6-5-7-19-50-20-18-45/h9-11,13,21,27-28,30H,4-8,12,14-20,22-26H2,1-3H3. The van der Waals surface area contributed by atoms with Gasteiger partial charge in [-0.3, -0.25) is 14.7 Å². The Hall–Kier alpha value is -3.94. The molecule has 1 amide bonds. The molecule has 1 aromatic carbocycles. The average Bonchev–Trinajstić information content (AvgIpc) is 3.24. The molecule has 12 nitrogen and oxygen atoms in total. The first kappa shape index (κ1) is 36.4. The van der Waals surface area contributed by atoms with Gasteiger partial charge < -0.3 is 28.9 Å². The quantitative estimate of drug-likeness (QED) is 0.242. The Morgan fingerprint density at radius 1 is 1.04 bits per heavy atom. The van der Waals surface area contributed by atoms with E-state index >= 15 is 0 Å².